The number of nitrogens with one attached hydrogen (secondary N) is 1. The van der Waals surface area contributed by atoms with Crippen LogP contribution in [0.15, 0.2) is 36.1 Å². The highest BCUT2D eigenvalue weighted by atomic mass is 35.5. The summed E-state index contributed by atoms with van der Waals surface area (Å²) in [5.41, 5.74) is 0.482. The van der Waals surface area contributed by atoms with E-state index in [9.17, 15) is 9.59 Å². The molecule has 1 unspecified atom stereocenters. The average molecular weight is 310 g/mol. The largest absolute Gasteiger partial charge is 0.488 e. The first-order chi connectivity index (χ1) is 10.1. The maximum Gasteiger partial charge on any atom is 0.333 e. The van der Waals surface area contributed by atoms with Crippen LogP contribution >= 0.6 is 11.6 Å². The first kappa shape index (κ1) is 15.4. The van der Waals surface area contributed by atoms with E-state index in [-0.39, 0.29) is 5.76 Å². The van der Waals surface area contributed by atoms with Crippen molar-refractivity contribution < 1.29 is 19.1 Å². The molecule has 0 fully saturated rings. The van der Waals surface area contributed by atoms with E-state index in [1.54, 1.807) is 30.3 Å². The molecular formula is C15H16ClNO4. The number of allylic oxidation sites excluding steroid dienone is 1. The standard InChI is InChI=1S/C15H16ClNO4/c1-20-15(19)13(10-6-2-3-7-11(10)16)17-14(18)12-8-4-5-9-21-12/h2-3,6-8,13H,4-5,9H2,1H3,(H,17,18). The number of carbonyl (C=O) groups excluding carboxylic acids is 2. The Bertz CT molecular complexity index is 571. The Morgan fingerprint density at radius 2 is 2.14 bits per heavy atom. The van der Waals surface area contributed by atoms with Crippen LogP contribution in [-0.4, -0.2) is 25.6 Å². The summed E-state index contributed by atoms with van der Waals surface area (Å²) in [5, 5.41) is 2.98. The van der Waals surface area contributed by atoms with Crippen LogP contribution in [0.4, 0.5) is 0 Å². The Morgan fingerprint density at radius 3 is 2.76 bits per heavy atom. The molecule has 0 saturated carbocycles. The Balaban J connectivity index is 2.21. The summed E-state index contributed by atoms with van der Waals surface area (Å²) >= 11 is 6.08. The SMILES string of the molecule is COC(=O)C(NC(=O)C1=CCCCO1)c1ccccc1Cl. The van der Waals surface area contributed by atoms with Gasteiger partial charge in [0, 0.05) is 10.6 Å². The van der Waals surface area contributed by atoms with Crippen molar-refractivity contribution >= 4 is 23.5 Å². The molecule has 0 aromatic heterocycles. The van der Waals surface area contributed by atoms with E-state index >= 15 is 0 Å². The van der Waals surface area contributed by atoms with E-state index in [0.717, 1.165) is 12.8 Å². The lowest BCUT2D eigenvalue weighted by Gasteiger charge is -2.20. The molecule has 1 amide bonds. The highest BCUT2D eigenvalue weighted by molar-refractivity contribution is 6.31. The van der Waals surface area contributed by atoms with Crippen molar-refractivity contribution in [3.63, 3.8) is 0 Å². The third-order valence-electron chi connectivity index (χ3n) is 3.09. The van der Waals surface area contributed by atoms with Gasteiger partial charge in [-0.05, 0) is 25.0 Å². The van der Waals surface area contributed by atoms with Gasteiger partial charge >= 0.3 is 5.97 Å². The molecular weight excluding hydrogens is 294 g/mol. The Hall–Kier alpha value is -2.01. The molecule has 1 N–H and O–H groups in total. The molecule has 0 aliphatic carbocycles. The molecule has 2 rings (SSSR count). The zero-order valence-electron chi connectivity index (χ0n) is 11.6. The first-order valence-corrected chi connectivity index (χ1v) is 6.97. The van der Waals surface area contributed by atoms with Gasteiger partial charge in [0.25, 0.3) is 5.91 Å². The summed E-state index contributed by atoms with van der Waals surface area (Å²) in [5.74, 6) is -0.819. The van der Waals surface area contributed by atoms with E-state index in [2.05, 4.69) is 5.32 Å². The zero-order valence-corrected chi connectivity index (χ0v) is 12.4. The van der Waals surface area contributed by atoms with Gasteiger partial charge in [-0.15, -0.1) is 0 Å². The molecule has 1 aliphatic rings. The van der Waals surface area contributed by atoms with Gasteiger partial charge in [-0.25, -0.2) is 4.79 Å². The number of halogens is 1. The summed E-state index contributed by atoms with van der Waals surface area (Å²) in [6, 6.07) is 5.83. The van der Waals surface area contributed by atoms with E-state index in [1.807, 2.05) is 0 Å². The van der Waals surface area contributed by atoms with Gasteiger partial charge in [-0.1, -0.05) is 29.8 Å². The second-order valence-corrected chi connectivity index (χ2v) is 4.92. The maximum atomic E-state index is 12.2. The summed E-state index contributed by atoms with van der Waals surface area (Å²) < 4.78 is 10.0. The van der Waals surface area contributed by atoms with Gasteiger partial charge < -0.3 is 14.8 Å². The van der Waals surface area contributed by atoms with Crippen molar-refractivity contribution in [3.05, 3.63) is 46.7 Å². The van der Waals surface area contributed by atoms with Crippen molar-refractivity contribution in [1.82, 2.24) is 5.32 Å². The van der Waals surface area contributed by atoms with Crippen molar-refractivity contribution in [2.75, 3.05) is 13.7 Å². The van der Waals surface area contributed by atoms with E-state index < -0.39 is 17.9 Å². The Kier molecular flexibility index (Phi) is 5.22. The lowest BCUT2D eigenvalue weighted by atomic mass is 10.1. The lowest BCUT2D eigenvalue weighted by molar-refractivity contribution is -0.145. The quantitative estimate of drug-likeness (QED) is 0.867. The molecule has 0 spiro atoms. The van der Waals surface area contributed by atoms with Gasteiger partial charge in [0.2, 0.25) is 0 Å². The fourth-order valence-corrected chi connectivity index (χ4v) is 2.25. The smallest absolute Gasteiger partial charge is 0.333 e. The number of methoxy groups -OCH3 is 1. The van der Waals surface area contributed by atoms with E-state index in [4.69, 9.17) is 21.1 Å². The molecule has 1 aromatic rings. The predicted octanol–water partition coefficient (Wildman–Crippen LogP) is 2.36. The molecule has 0 saturated heterocycles. The summed E-state index contributed by atoms with van der Waals surface area (Å²) in [7, 11) is 1.26. The van der Waals surface area contributed by atoms with Crippen molar-refractivity contribution in [2.24, 2.45) is 0 Å². The monoisotopic (exact) mass is 309 g/mol. The maximum absolute atomic E-state index is 12.2. The van der Waals surface area contributed by atoms with Crippen LogP contribution in [-0.2, 0) is 19.1 Å². The fourth-order valence-electron chi connectivity index (χ4n) is 2.01. The topological polar surface area (TPSA) is 64.6 Å². The van der Waals surface area contributed by atoms with Crippen LogP contribution in [0.3, 0.4) is 0 Å². The second kappa shape index (κ2) is 7.13. The molecule has 1 atom stereocenters. The summed E-state index contributed by atoms with van der Waals surface area (Å²) in [4.78, 5) is 24.1. The molecule has 1 heterocycles. The molecule has 21 heavy (non-hydrogen) atoms. The third kappa shape index (κ3) is 3.76. The highest BCUT2D eigenvalue weighted by Crippen LogP contribution is 2.24. The van der Waals surface area contributed by atoms with Crippen molar-refractivity contribution in [1.29, 1.82) is 0 Å². The van der Waals surface area contributed by atoms with Crippen LogP contribution in [0.2, 0.25) is 5.02 Å². The summed E-state index contributed by atoms with van der Waals surface area (Å²) in [6.07, 6.45) is 3.36. The van der Waals surface area contributed by atoms with Crippen LogP contribution in [0.25, 0.3) is 0 Å². The van der Waals surface area contributed by atoms with Crippen LogP contribution in [0.5, 0.6) is 0 Å². The molecule has 112 valence electrons. The van der Waals surface area contributed by atoms with E-state index in [1.165, 1.54) is 7.11 Å². The molecule has 1 aliphatic heterocycles. The van der Waals surface area contributed by atoms with Crippen LogP contribution in [0, 0.1) is 0 Å². The number of esters is 1. The highest BCUT2D eigenvalue weighted by Gasteiger charge is 2.27. The number of hydrogen-bond donors (Lipinski definition) is 1. The molecule has 6 heteroatoms. The number of carbonyl (C=O) groups is 2. The van der Waals surface area contributed by atoms with Gasteiger partial charge in [-0.3, -0.25) is 4.79 Å². The van der Waals surface area contributed by atoms with Gasteiger partial charge in [0.15, 0.2) is 11.8 Å². The normalized spacial score (nSPS) is 15.4. The average Bonchev–Trinajstić information content (AvgIpc) is 2.53. The van der Waals surface area contributed by atoms with Crippen molar-refractivity contribution in [3.8, 4) is 0 Å². The minimum absolute atomic E-state index is 0.224. The van der Waals surface area contributed by atoms with Gasteiger partial charge in [0.1, 0.15) is 0 Å². The van der Waals surface area contributed by atoms with Gasteiger partial charge in [0.05, 0.1) is 13.7 Å². The third-order valence-corrected chi connectivity index (χ3v) is 3.43. The Labute approximate surface area is 127 Å². The lowest BCUT2D eigenvalue weighted by Crippen LogP contribution is -2.36. The molecule has 0 bridgehead atoms. The number of rotatable bonds is 4. The number of ether oxygens (including phenoxy) is 2. The predicted molar refractivity (Wildman–Crippen MR) is 77.6 cm³/mol. The Morgan fingerprint density at radius 1 is 1.38 bits per heavy atom. The summed E-state index contributed by atoms with van der Waals surface area (Å²) in [6.45, 7) is 0.494. The van der Waals surface area contributed by atoms with E-state index in [0.29, 0.717) is 17.2 Å². The molecule has 5 nitrogen and oxygen atoms in total. The molecule has 1 aromatic carbocycles. The van der Waals surface area contributed by atoms with Crippen molar-refractivity contribution in [2.45, 2.75) is 18.9 Å². The first-order valence-electron chi connectivity index (χ1n) is 6.59. The molecule has 0 radical (unpaired) electrons. The number of hydrogen-bond acceptors (Lipinski definition) is 4. The number of benzene rings is 1. The number of amides is 1. The van der Waals surface area contributed by atoms with Crippen LogP contribution < -0.4 is 5.32 Å². The zero-order chi connectivity index (χ0) is 15.2. The second-order valence-electron chi connectivity index (χ2n) is 4.51. The fraction of sp³-hybridized carbons (Fsp3) is 0.333. The minimum Gasteiger partial charge on any atom is -0.488 e. The van der Waals surface area contributed by atoms with Crippen LogP contribution in [0.1, 0.15) is 24.4 Å². The van der Waals surface area contributed by atoms with Gasteiger partial charge in [-0.2, -0.15) is 0 Å². The minimum atomic E-state index is -0.970.